The third-order valence-electron chi connectivity index (χ3n) is 3.54. The molecule has 0 saturated heterocycles. The number of rotatable bonds is 5. The second-order valence-electron chi connectivity index (χ2n) is 6.84. The standard InChI is InChI=1S/C20H24N2O3/c1-14(23)21-15-9-11-16(12-10-15)22-19(24)13-25-18-8-6-5-7-17(18)20(2,3)4/h5-12H,13H2,1-4H3,(H,21,23)(H,22,24). The normalized spacial score (nSPS) is 10.9. The number of hydrogen-bond acceptors (Lipinski definition) is 3. The Morgan fingerprint density at radius 1 is 0.920 bits per heavy atom. The summed E-state index contributed by atoms with van der Waals surface area (Å²) in [6.45, 7) is 7.69. The van der Waals surface area contributed by atoms with Crippen molar-refractivity contribution in [3.63, 3.8) is 0 Å². The van der Waals surface area contributed by atoms with E-state index in [0.29, 0.717) is 17.1 Å². The fraction of sp³-hybridized carbons (Fsp3) is 0.300. The van der Waals surface area contributed by atoms with Crippen LogP contribution >= 0.6 is 0 Å². The van der Waals surface area contributed by atoms with Gasteiger partial charge in [-0.1, -0.05) is 39.0 Å². The van der Waals surface area contributed by atoms with Crippen LogP contribution in [0.3, 0.4) is 0 Å². The molecule has 0 atom stereocenters. The van der Waals surface area contributed by atoms with Crippen LogP contribution in [0.2, 0.25) is 0 Å². The molecule has 0 aliphatic carbocycles. The van der Waals surface area contributed by atoms with Gasteiger partial charge >= 0.3 is 0 Å². The summed E-state index contributed by atoms with van der Waals surface area (Å²) >= 11 is 0. The fourth-order valence-electron chi connectivity index (χ4n) is 2.39. The highest BCUT2D eigenvalue weighted by Gasteiger charge is 2.18. The predicted octanol–water partition coefficient (Wildman–Crippen LogP) is 3.96. The van der Waals surface area contributed by atoms with Gasteiger partial charge in [-0.2, -0.15) is 0 Å². The third-order valence-corrected chi connectivity index (χ3v) is 3.54. The van der Waals surface area contributed by atoms with E-state index >= 15 is 0 Å². The zero-order chi connectivity index (χ0) is 18.4. The van der Waals surface area contributed by atoms with Crippen molar-refractivity contribution in [1.82, 2.24) is 0 Å². The minimum absolute atomic E-state index is 0.0629. The van der Waals surface area contributed by atoms with Crippen LogP contribution in [-0.2, 0) is 15.0 Å². The van der Waals surface area contributed by atoms with Crippen molar-refractivity contribution in [2.75, 3.05) is 17.2 Å². The van der Waals surface area contributed by atoms with Crippen molar-refractivity contribution in [1.29, 1.82) is 0 Å². The Balaban J connectivity index is 1.94. The molecular weight excluding hydrogens is 316 g/mol. The molecule has 25 heavy (non-hydrogen) atoms. The highest BCUT2D eigenvalue weighted by molar-refractivity contribution is 5.93. The second kappa shape index (κ2) is 7.83. The molecule has 0 aliphatic heterocycles. The van der Waals surface area contributed by atoms with Gasteiger partial charge in [-0.3, -0.25) is 9.59 Å². The maximum absolute atomic E-state index is 12.1. The predicted molar refractivity (Wildman–Crippen MR) is 100 cm³/mol. The van der Waals surface area contributed by atoms with Gasteiger partial charge in [0.25, 0.3) is 5.91 Å². The molecule has 5 nitrogen and oxygen atoms in total. The van der Waals surface area contributed by atoms with E-state index in [2.05, 4.69) is 31.4 Å². The van der Waals surface area contributed by atoms with Crippen LogP contribution in [0.25, 0.3) is 0 Å². The lowest BCUT2D eigenvalue weighted by molar-refractivity contribution is -0.118. The highest BCUT2D eigenvalue weighted by atomic mass is 16.5. The van der Waals surface area contributed by atoms with Crippen LogP contribution in [0.1, 0.15) is 33.3 Å². The van der Waals surface area contributed by atoms with Crippen molar-refractivity contribution in [3.8, 4) is 5.75 Å². The molecule has 0 fully saturated rings. The van der Waals surface area contributed by atoms with E-state index in [1.165, 1.54) is 6.92 Å². The molecule has 0 unspecified atom stereocenters. The number of carbonyl (C=O) groups is 2. The van der Waals surface area contributed by atoms with Gasteiger partial charge in [-0.05, 0) is 41.3 Å². The van der Waals surface area contributed by atoms with E-state index in [9.17, 15) is 9.59 Å². The zero-order valence-corrected chi connectivity index (χ0v) is 15.1. The Morgan fingerprint density at radius 3 is 2.04 bits per heavy atom. The summed E-state index contributed by atoms with van der Waals surface area (Å²) in [4.78, 5) is 23.1. The SMILES string of the molecule is CC(=O)Nc1ccc(NC(=O)COc2ccccc2C(C)(C)C)cc1. The van der Waals surface area contributed by atoms with E-state index in [4.69, 9.17) is 4.74 Å². The van der Waals surface area contributed by atoms with Crippen LogP contribution in [-0.4, -0.2) is 18.4 Å². The molecule has 5 heteroatoms. The molecular formula is C20H24N2O3. The summed E-state index contributed by atoms with van der Waals surface area (Å²) in [6.07, 6.45) is 0. The van der Waals surface area contributed by atoms with Crippen LogP contribution in [0, 0.1) is 0 Å². The molecule has 0 bridgehead atoms. The largest absolute Gasteiger partial charge is 0.483 e. The number of ether oxygens (including phenoxy) is 1. The van der Waals surface area contributed by atoms with Crippen LogP contribution < -0.4 is 15.4 Å². The molecule has 0 aromatic heterocycles. The van der Waals surface area contributed by atoms with Gasteiger partial charge in [0.15, 0.2) is 6.61 Å². The van der Waals surface area contributed by atoms with Crippen molar-refractivity contribution >= 4 is 23.2 Å². The monoisotopic (exact) mass is 340 g/mol. The Kier molecular flexibility index (Phi) is 5.80. The van der Waals surface area contributed by atoms with Gasteiger partial charge in [0.1, 0.15) is 5.75 Å². The fourth-order valence-corrected chi connectivity index (χ4v) is 2.39. The molecule has 2 rings (SSSR count). The maximum atomic E-state index is 12.1. The molecule has 0 radical (unpaired) electrons. The van der Waals surface area contributed by atoms with E-state index in [0.717, 1.165) is 5.56 Å². The summed E-state index contributed by atoms with van der Waals surface area (Å²) in [7, 11) is 0. The molecule has 2 amide bonds. The van der Waals surface area contributed by atoms with Crippen molar-refractivity contribution in [2.45, 2.75) is 33.1 Å². The molecule has 0 saturated carbocycles. The van der Waals surface area contributed by atoms with E-state index in [1.807, 2.05) is 24.3 Å². The van der Waals surface area contributed by atoms with Gasteiger partial charge in [-0.25, -0.2) is 0 Å². The lowest BCUT2D eigenvalue weighted by Crippen LogP contribution is -2.22. The smallest absolute Gasteiger partial charge is 0.262 e. The number of anilines is 2. The van der Waals surface area contributed by atoms with E-state index in [-0.39, 0.29) is 23.8 Å². The summed E-state index contributed by atoms with van der Waals surface area (Å²) in [6, 6.07) is 14.6. The van der Waals surface area contributed by atoms with Crippen LogP contribution in [0.5, 0.6) is 5.75 Å². The number of carbonyl (C=O) groups excluding carboxylic acids is 2. The van der Waals surface area contributed by atoms with Crippen LogP contribution in [0.4, 0.5) is 11.4 Å². The number of hydrogen-bond donors (Lipinski definition) is 2. The number of amides is 2. The molecule has 0 heterocycles. The number of para-hydroxylation sites is 1. The third kappa shape index (κ3) is 5.64. The maximum Gasteiger partial charge on any atom is 0.262 e. The first-order chi connectivity index (χ1) is 11.8. The van der Waals surface area contributed by atoms with Crippen molar-refractivity contribution in [2.24, 2.45) is 0 Å². The minimum Gasteiger partial charge on any atom is -0.483 e. The van der Waals surface area contributed by atoms with E-state index in [1.54, 1.807) is 24.3 Å². The first kappa shape index (κ1) is 18.5. The number of benzene rings is 2. The molecule has 2 aromatic rings. The Bertz CT molecular complexity index is 746. The lowest BCUT2D eigenvalue weighted by Gasteiger charge is -2.22. The molecule has 2 aromatic carbocycles. The second-order valence-corrected chi connectivity index (χ2v) is 6.84. The number of nitrogens with one attached hydrogen (secondary N) is 2. The van der Waals surface area contributed by atoms with Crippen molar-refractivity contribution < 1.29 is 14.3 Å². The van der Waals surface area contributed by atoms with Gasteiger partial charge in [0, 0.05) is 18.3 Å². The van der Waals surface area contributed by atoms with Gasteiger partial charge in [-0.15, -0.1) is 0 Å². The summed E-state index contributed by atoms with van der Waals surface area (Å²) in [5, 5.41) is 5.45. The van der Waals surface area contributed by atoms with Crippen LogP contribution in [0.15, 0.2) is 48.5 Å². The topological polar surface area (TPSA) is 67.4 Å². The summed E-state index contributed by atoms with van der Waals surface area (Å²) in [5.41, 5.74) is 2.32. The Morgan fingerprint density at radius 2 is 1.48 bits per heavy atom. The first-order valence-electron chi connectivity index (χ1n) is 8.15. The highest BCUT2D eigenvalue weighted by Crippen LogP contribution is 2.30. The first-order valence-corrected chi connectivity index (χ1v) is 8.15. The molecule has 132 valence electrons. The summed E-state index contributed by atoms with van der Waals surface area (Å²) in [5.74, 6) is 0.338. The van der Waals surface area contributed by atoms with Crippen molar-refractivity contribution in [3.05, 3.63) is 54.1 Å². The van der Waals surface area contributed by atoms with E-state index < -0.39 is 0 Å². The van der Waals surface area contributed by atoms with Gasteiger partial charge in [0.05, 0.1) is 0 Å². The minimum atomic E-state index is -0.240. The molecule has 2 N–H and O–H groups in total. The summed E-state index contributed by atoms with van der Waals surface area (Å²) < 4.78 is 5.70. The molecule has 0 aliphatic rings. The average molecular weight is 340 g/mol. The van der Waals surface area contributed by atoms with Gasteiger partial charge < -0.3 is 15.4 Å². The quantitative estimate of drug-likeness (QED) is 0.866. The average Bonchev–Trinajstić information content (AvgIpc) is 2.54. The van der Waals surface area contributed by atoms with Gasteiger partial charge in [0.2, 0.25) is 5.91 Å². The Hall–Kier alpha value is -2.82. The zero-order valence-electron chi connectivity index (χ0n) is 15.1. The lowest BCUT2D eigenvalue weighted by atomic mass is 9.86. The molecule has 0 spiro atoms. The Labute approximate surface area is 148 Å².